The second-order valence-electron chi connectivity index (χ2n) is 5.88. The third-order valence-corrected chi connectivity index (χ3v) is 5.60. The maximum absolute atomic E-state index is 6.09. The number of anilines is 1. The maximum Gasteiger partial charge on any atom is 0.288 e. The lowest BCUT2D eigenvalue weighted by Crippen LogP contribution is -2.46. The van der Waals surface area contributed by atoms with Crippen LogP contribution >= 0.6 is 35.2 Å². The lowest BCUT2D eigenvalue weighted by Gasteiger charge is -2.35. The highest BCUT2D eigenvalue weighted by Gasteiger charge is 2.19. The van der Waals surface area contributed by atoms with Crippen molar-refractivity contribution in [2.75, 3.05) is 31.1 Å². The molecule has 8 heteroatoms. The second-order valence-corrected chi connectivity index (χ2v) is 7.61. The number of benzene rings is 1. The smallest absolute Gasteiger partial charge is 0.288 e. The molecule has 0 aliphatic carbocycles. The van der Waals surface area contributed by atoms with Crippen LogP contribution in [-0.2, 0) is 6.67 Å². The number of aromatic nitrogens is 2. The van der Waals surface area contributed by atoms with Gasteiger partial charge in [0.05, 0.1) is 11.5 Å². The number of nitrogens with zero attached hydrogens (tertiary/aromatic N) is 4. The van der Waals surface area contributed by atoms with Gasteiger partial charge in [-0.05, 0) is 41.9 Å². The van der Waals surface area contributed by atoms with E-state index in [1.165, 1.54) is 5.69 Å². The molecule has 1 saturated heterocycles. The molecule has 0 bridgehead atoms. The molecule has 0 spiro atoms. The average Bonchev–Trinajstić information content (AvgIpc) is 3.26. The van der Waals surface area contributed by atoms with Gasteiger partial charge in [-0.1, -0.05) is 23.7 Å². The first-order valence-electron chi connectivity index (χ1n) is 8.04. The van der Waals surface area contributed by atoms with Gasteiger partial charge in [-0.15, -0.1) is 16.4 Å². The third-order valence-electron chi connectivity index (χ3n) is 4.22. The van der Waals surface area contributed by atoms with Gasteiger partial charge in [0.2, 0.25) is 0 Å². The zero-order chi connectivity index (χ0) is 17.2. The van der Waals surface area contributed by atoms with Crippen LogP contribution in [0.3, 0.4) is 0 Å². The van der Waals surface area contributed by atoms with Crippen LogP contribution in [-0.4, -0.2) is 40.9 Å². The molecule has 0 atom stereocenters. The SMILES string of the molecule is S=c1oc(-c2cccs2)nn1CN1CCN(c2cccc(Cl)c2)CC1. The van der Waals surface area contributed by atoms with Crippen LogP contribution in [0.15, 0.2) is 46.2 Å². The summed E-state index contributed by atoms with van der Waals surface area (Å²) in [4.78, 5) is 6.09. The van der Waals surface area contributed by atoms with Gasteiger partial charge in [0, 0.05) is 36.9 Å². The number of hydrogen-bond donors (Lipinski definition) is 0. The Kier molecular flexibility index (Phi) is 4.89. The summed E-state index contributed by atoms with van der Waals surface area (Å²) in [5, 5.41) is 7.29. The minimum Gasteiger partial charge on any atom is -0.408 e. The molecule has 25 heavy (non-hydrogen) atoms. The fraction of sp³-hybridized carbons (Fsp3) is 0.294. The molecule has 1 aliphatic rings. The van der Waals surface area contributed by atoms with Crippen LogP contribution in [0.4, 0.5) is 5.69 Å². The van der Waals surface area contributed by atoms with Crippen molar-refractivity contribution in [1.29, 1.82) is 0 Å². The summed E-state index contributed by atoms with van der Waals surface area (Å²) in [5.41, 5.74) is 1.17. The summed E-state index contributed by atoms with van der Waals surface area (Å²) < 4.78 is 7.39. The highest BCUT2D eigenvalue weighted by molar-refractivity contribution is 7.71. The summed E-state index contributed by atoms with van der Waals surface area (Å²) in [7, 11) is 0. The van der Waals surface area contributed by atoms with E-state index >= 15 is 0 Å². The van der Waals surface area contributed by atoms with Gasteiger partial charge in [0.1, 0.15) is 0 Å². The molecule has 130 valence electrons. The number of hydrogen-bond acceptors (Lipinski definition) is 6. The van der Waals surface area contributed by atoms with E-state index < -0.39 is 0 Å². The zero-order valence-electron chi connectivity index (χ0n) is 13.5. The van der Waals surface area contributed by atoms with Crippen molar-refractivity contribution in [3.63, 3.8) is 0 Å². The van der Waals surface area contributed by atoms with E-state index in [1.54, 1.807) is 16.0 Å². The molecule has 0 unspecified atom stereocenters. The molecule has 1 fully saturated rings. The molecular weight excluding hydrogens is 376 g/mol. The predicted molar refractivity (Wildman–Crippen MR) is 104 cm³/mol. The van der Waals surface area contributed by atoms with Crippen molar-refractivity contribution in [2.24, 2.45) is 0 Å². The zero-order valence-corrected chi connectivity index (χ0v) is 15.9. The van der Waals surface area contributed by atoms with Gasteiger partial charge in [0.25, 0.3) is 10.7 Å². The Balaban J connectivity index is 1.40. The van der Waals surface area contributed by atoms with Crippen LogP contribution in [0.1, 0.15) is 0 Å². The van der Waals surface area contributed by atoms with E-state index in [9.17, 15) is 0 Å². The fourth-order valence-electron chi connectivity index (χ4n) is 2.91. The van der Waals surface area contributed by atoms with Crippen molar-refractivity contribution in [2.45, 2.75) is 6.67 Å². The van der Waals surface area contributed by atoms with Crippen LogP contribution < -0.4 is 4.90 Å². The topological polar surface area (TPSA) is 37.4 Å². The quantitative estimate of drug-likeness (QED) is 0.616. The van der Waals surface area contributed by atoms with Gasteiger partial charge in [0.15, 0.2) is 0 Å². The molecule has 0 radical (unpaired) electrons. The molecule has 5 nitrogen and oxygen atoms in total. The normalized spacial score (nSPS) is 15.6. The Bertz CT molecular complexity index is 898. The highest BCUT2D eigenvalue weighted by atomic mass is 35.5. The Morgan fingerprint density at radius 3 is 2.72 bits per heavy atom. The Morgan fingerprint density at radius 1 is 1.16 bits per heavy atom. The molecule has 1 aromatic carbocycles. The second kappa shape index (κ2) is 7.29. The predicted octanol–water partition coefficient (Wildman–Crippen LogP) is 4.37. The number of rotatable bonds is 4. The summed E-state index contributed by atoms with van der Waals surface area (Å²) >= 11 is 13.0. The van der Waals surface area contributed by atoms with E-state index in [2.05, 4.69) is 21.0 Å². The van der Waals surface area contributed by atoms with Crippen molar-refractivity contribution in [3.8, 4) is 10.8 Å². The van der Waals surface area contributed by atoms with Gasteiger partial charge >= 0.3 is 0 Å². The van der Waals surface area contributed by atoms with Gasteiger partial charge in [-0.2, -0.15) is 0 Å². The van der Waals surface area contributed by atoms with Gasteiger partial charge in [-0.25, -0.2) is 4.68 Å². The third kappa shape index (κ3) is 3.79. The van der Waals surface area contributed by atoms with E-state index in [1.807, 2.05) is 35.7 Å². The summed E-state index contributed by atoms with van der Waals surface area (Å²) in [6, 6.07) is 12.0. The van der Waals surface area contributed by atoms with Crippen molar-refractivity contribution >= 4 is 40.8 Å². The highest BCUT2D eigenvalue weighted by Crippen LogP contribution is 2.24. The molecule has 0 amide bonds. The molecule has 2 aromatic heterocycles. The minimum atomic E-state index is 0.417. The molecule has 1 aliphatic heterocycles. The molecule has 0 N–H and O–H groups in total. The largest absolute Gasteiger partial charge is 0.408 e. The standard InChI is InChI=1S/C17H17ClN4OS2/c18-13-3-1-4-14(11-13)21-8-6-20(7-9-21)12-22-17(24)23-16(19-22)15-5-2-10-25-15/h1-5,10-11H,6-9,12H2. The van der Waals surface area contributed by atoms with Crippen LogP contribution in [0.2, 0.25) is 5.02 Å². The summed E-state index contributed by atoms with van der Waals surface area (Å²) in [6.07, 6.45) is 0. The fourth-order valence-corrected chi connectivity index (χ4v) is 3.91. The Morgan fingerprint density at radius 2 is 2.00 bits per heavy atom. The minimum absolute atomic E-state index is 0.417. The van der Waals surface area contributed by atoms with Crippen LogP contribution in [0, 0.1) is 4.84 Å². The van der Waals surface area contributed by atoms with Crippen molar-refractivity contribution in [3.05, 3.63) is 51.6 Å². The molecule has 3 heterocycles. The van der Waals surface area contributed by atoms with E-state index in [4.69, 9.17) is 28.2 Å². The number of halogens is 1. The van der Waals surface area contributed by atoms with E-state index in [-0.39, 0.29) is 0 Å². The number of piperazine rings is 1. The van der Waals surface area contributed by atoms with Crippen LogP contribution in [0.25, 0.3) is 10.8 Å². The lowest BCUT2D eigenvalue weighted by molar-refractivity contribution is 0.192. The molecule has 3 aromatic rings. The first-order chi connectivity index (χ1) is 12.2. The van der Waals surface area contributed by atoms with Gasteiger partial charge in [-0.3, -0.25) is 4.90 Å². The van der Waals surface area contributed by atoms with Crippen molar-refractivity contribution in [1.82, 2.24) is 14.7 Å². The van der Waals surface area contributed by atoms with Gasteiger partial charge < -0.3 is 9.32 Å². The van der Waals surface area contributed by atoms with E-state index in [0.717, 1.165) is 36.1 Å². The summed E-state index contributed by atoms with van der Waals surface area (Å²) in [6.45, 7) is 4.43. The van der Waals surface area contributed by atoms with E-state index in [0.29, 0.717) is 17.4 Å². The number of thiophene rings is 1. The van der Waals surface area contributed by atoms with Crippen LogP contribution in [0.5, 0.6) is 0 Å². The van der Waals surface area contributed by atoms with Crippen molar-refractivity contribution < 1.29 is 4.42 Å². The summed E-state index contributed by atoms with van der Waals surface area (Å²) in [5.74, 6) is 0.595. The first kappa shape index (κ1) is 16.8. The first-order valence-corrected chi connectivity index (χ1v) is 9.70. The molecule has 0 saturated carbocycles. The average molecular weight is 393 g/mol. The monoisotopic (exact) mass is 392 g/mol. The molecule has 4 rings (SSSR count). The maximum atomic E-state index is 6.09. The molecular formula is C17H17ClN4OS2. The lowest BCUT2D eigenvalue weighted by atomic mass is 10.2. The Hall–Kier alpha value is -1.67. The Labute approximate surface area is 160 Å².